The van der Waals surface area contributed by atoms with Gasteiger partial charge in [0.25, 0.3) is 0 Å². The third-order valence-electron chi connectivity index (χ3n) is 3.30. The molecular formula is C15H17BrClF. The third-order valence-corrected chi connectivity index (χ3v) is 4.08. The Kier molecular flexibility index (Phi) is 4.18. The summed E-state index contributed by atoms with van der Waals surface area (Å²) in [5.41, 5.74) is 2.20. The van der Waals surface area contributed by atoms with Gasteiger partial charge in [0.2, 0.25) is 0 Å². The fraction of sp³-hybridized carbons (Fsp3) is 0.467. The fourth-order valence-corrected chi connectivity index (χ4v) is 3.55. The lowest BCUT2D eigenvalue weighted by molar-refractivity contribution is 0.320. The molecule has 0 fully saturated rings. The summed E-state index contributed by atoms with van der Waals surface area (Å²) in [5.74, 6) is -0.153. The van der Waals surface area contributed by atoms with Gasteiger partial charge in [-0.1, -0.05) is 47.5 Å². The molecule has 1 aromatic carbocycles. The molecule has 0 aromatic heterocycles. The summed E-state index contributed by atoms with van der Waals surface area (Å²) in [4.78, 5) is 0. The van der Waals surface area contributed by atoms with E-state index in [0.717, 1.165) is 22.9 Å². The molecule has 0 saturated heterocycles. The zero-order chi connectivity index (χ0) is 13.3. The van der Waals surface area contributed by atoms with Crippen molar-refractivity contribution in [3.05, 3.63) is 45.7 Å². The summed E-state index contributed by atoms with van der Waals surface area (Å²) in [6, 6.07) is 5.23. The van der Waals surface area contributed by atoms with Crippen LogP contribution in [-0.4, -0.2) is 5.38 Å². The monoisotopic (exact) mass is 330 g/mol. The second kappa shape index (κ2) is 5.34. The lowest BCUT2D eigenvalue weighted by atomic mass is 9.76. The predicted octanol–water partition coefficient (Wildman–Crippen LogP) is 5.48. The van der Waals surface area contributed by atoms with Gasteiger partial charge in [0.05, 0.1) is 5.38 Å². The Bertz CT molecular complexity index is 479. The van der Waals surface area contributed by atoms with Crippen molar-refractivity contribution in [2.75, 3.05) is 0 Å². The van der Waals surface area contributed by atoms with Crippen molar-refractivity contribution in [2.45, 2.75) is 38.5 Å². The molecule has 1 atom stereocenters. The highest BCUT2D eigenvalue weighted by Gasteiger charge is 2.27. The Morgan fingerprint density at radius 3 is 2.78 bits per heavy atom. The maximum absolute atomic E-state index is 13.8. The highest BCUT2D eigenvalue weighted by molar-refractivity contribution is 9.10. The molecule has 1 aliphatic rings. The van der Waals surface area contributed by atoms with Crippen LogP contribution in [0.25, 0.3) is 0 Å². The van der Waals surface area contributed by atoms with Gasteiger partial charge >= 0.3 is 0 Å². The largest absolute Gasteiger partial charge is 0.207 e. The first-order valence-electron chi connectivity index (χ1n) is 6.13. The van der Waals surface area contributed by atoms with E-state index in [1.165, 1.54) is 11.6 Å². The van der Waals surface area contributed by atoms with E-state index in [2.05, 4.69) is 35.9 Å². The van der Waals surface area contributed by atoms with Crippen molar-refractivity contribution in [2.24, 2.45) is 5.41 Å². The molecule has 2 rings (SSSR count). The van der Waals surface area contributed by atoms with E-state index in [9.17, 15) is 4.39 Å². The van der Waals surface area contributed by atoms with Gasteiger partial charge in [-0.3, -0.25) is 0 Å². The van der Waals surface area contributed by atoms with Gasteiger partial charge in [0, 0.05) is 4.47 Å². The zero-order valence-electron chi connectivity index (χ0n) is 10.6. The second-order valence-corrected chi connectivity index (χ2v) is 7.27. The average Bonchev–Trinajstić information content (AvgIpc) is 2.19. The Labute approximate surface area is 121 Å². The predicted molar refractivity (Wildman–Crippen MR) is 78.5 cm³/mol. The summed E-state index contributed by atoms with van der Waals surface area (Å²) in [7, 11) is 0. The van der Waals surface area contributed by atoms with E-state index in [0.29, 0.717) is 6.42 Å². The van der Waals surface area contributed by atoms with Gasteiger partial charge < -0.3 is 0 Å². The molecule has 0 amide bonds. The number of benzene rings is 1. The number of hydrogen-bond donors (Lipinski definition) is 0. The highest BCUT2D eigenvalue weighted by atomic mass is 79.9. The van der Waals surface area contributed by atoms with Crippen LogP contribution in [0.4, 0.5) is 4.39 Å². The number of allylic oxidation sites excluding steroid dienone is 2. The molecule has 0 saturated carbocycles. The quantitative estimate of drug-likeness (QED) is 0.497. The number of halogens is 3. The SMILES string of the molecule is CC1(C)CC(Cc2ccc(Br)cc2F)=CC(Cl)C1. The standard InChI is InChI=1S/C15H17BrClF/c1-15(2)8-10(6-13(17)9-15)5-11-3-4-12(16)7-14(11)18/h3-4,6-7,13H,5,8-9H2,1-2H3. The van der Waals surface area contributed by atoms with Crippen LogP contribution in [0.15, 0.2) is 34.3 Å². The lowest BCUT2D eigenvalue weighted by Gasteiger charge is -2.32. The van der Waals surface area contributed by atoms with E-state index in [4.69, 9.17) is 11.6 Å². The van der Waals surface area contributed by atoms with Gasteiger partial charge in [-0.05, 0) is 42.4 Å². The van der Waals surface area contributed by atoms with Crippen molar-refractivity contribution in [3.63, 3.8) is 0 Å². The summed E-state index contributed by atoms with van der Waals surface area (Å²) < 4.78 is 14.6. The molecule has 0 nitrogen and oxygen atoms in total. The molecule has 0 radical (unpaired) electrons. The van der Waals surface area contributed by atoms with Crippen LogP contribution in [0.2, 0.25) is 0 Å². The van der Waals surface area contributed by atoms with Gasteiger partial charge in [-0.2, -0.15) is 0 Å². The summed E-state index contributed by atoms with van der Waals surface area (Å²) in [6.45, 7) is 4.43. The Hall–Kier alpha value is -0.340. The van der Waals surface area contributed by atoms with E-state index in [-0.39, 0.29) is 16.6 Å². The van der Waals surface area contributed by atoms with Crippen molar-refractivity contribution < 1.29 is 4.39 Å². The van der Waals surface area contributed by atoms with E-state index in [1.807, 2.05) is 12.1 Å². The average molecular weight is 332 g/mol. The minimum Gasteiger partial charge on any atom is -0.207 e. The van der Waals surface area contributed by atoms with Crippen LogP contribution >= 0.6 is 27.5 Å². The minimum absolute atomic E-state index is 0.0715. The van der Waals surface area contributed by atoms with Crippen LogP contribution in [0.5, 0.6) is 0 Å². The number of rotatable bonds is 2. The van der Waals surface area contributed by atoms with Crippen LogP contribution in [0.3, 0.4) is 0 Å². The maximum atomic E-state index is 13.8. The molecule has 98 valence electrons. The summed E-state index contributed by atoms with van der Waals surface area (Å²) in [5, 5.41) is 0.0715. The van der Waals surface area contributed by atoms with Crippen LogP contribution in [0.1, 0.15) is 32.3 Å². The van der Waals surface area contributed by atoms with Crippen molar-refractivity contribution in [3.8, 4) is 0 Å². The smallest absolute Gasteiger partial charge is 0.127 e. The minimum atomic E-state index is -0.153. The number of alkyl halides is 1. The Morgan fingerprint density at radius 2 is 2.17 bits per heavy atom. The van der Waals surface area contributed by atoms with Crippen molar-refractivity contribution in [1.29, 1.82) is 0 Å². The normalized spacial score (nSPS) is 22.7. The van der Waals surface area contributed by atoms with E-state index < -0.39 is 0 Å². The molecule has 18 heavy (non-hydrogen) atoms. The molecule has 1 aliphatic carbocycles. The molecule has 3 heteroatoms. The molecular weight excluding hydrogens is 315 g/mol. The van der Waals surface area contributed by atoms with Crippen molar-refractivity contribution in [1.82, 2.24) is 0 Å². The van der Waals surface area contributed by atoms with Crippen molar-refractivity contribution >= 4 is 27.5 Å². The summed E-state index contributed by atoms with van der Waals surface area (Å²) in [6.07, 6.45) is 4.73. The first kappa shape index (κ1) is 14.1. The molecule has 0 heterocycles. The molecule has 0 N–H and O–H groups in total. The highest BCUT2D eigenvalue weighted by Crippen LogP contribution is 2.38. The van der Waals surface area contributed by atoms with E-state index in [1.54, 1.807) is 0 Å². The number of hydrogen-bond acceptors (Lipinski definition) is 0. The molecule has 0 aliphatic heterocycles. The first-order valence-corrected chi connectivity index (χ1v) is 7.36. The van der Waals surface area contributed by atoms with Crippen LogP contribution in [-0.2, 0) is 6.42 Å². The summed E-state index contributed by atoms with van der Waals surface area (Å²) >= 11 is 9.52. The van der Waals surface area contributed by atoms with Crippen LogP contribution in [0, 0.1) is 11.2 Å². The van der Waals surface area contributed by atoms with Gasteiger partial charge in [0.15, 0.2) is 0 Å². The maximum Gasteiger partial charge on any atom is 0.127 e. The first-order chi connectivity index (χ1) is 8.35. The molecule has 1 aromatic rings. The lowest BCUT2D eigenvalue weighted by Crippen LogP contribution is -2.23. The Morgan fingerprint density at radius 1 is 1.44 bits per heavy atom. The zero-order valence-corrected chi connectivity index (χ0v) is 13.0. The topological polar surface area (TPSA) is 0 Å². The van der Waals surface area contributed by atoms with E-state index >= 15 is 0 Å². The third kappa shape index (κ3) is 3.58. The molecule has 0 bridgehead atoms. The van der Waals surface area contributed by atoms with Gasteiger partial charge in [-0.25, -0.2) is 4.39 Å². The fourth-order valence-electron chi connectivity index (χ4n) is 2.62. The second-order valence-electron chi connectivity index (χ2n) is 5.80. The van der Waals surface area contributed by atoms with Gasteiger partial charge in [0.1, 0.15) is 5.82 Å². The molecule has 0 spiro atoms. The Balaban J connectivity index is 2.18. The molecule has 1 unspecified atom stereocenters. The van der Waals surface area contributed by atoms with Gasteiger partial charge in [-0.15, -0.1) is 11.6 Å². The van der Waals surface area contributed by atoms with Crippen LogP contribution < -0.4 is 0 Å².